The molecule has 0 amide bonds. The highest BCUT2D eigenvalue weighted by Gasteiger charge is 2.20. The first-order valence-electron chi connectivity index (χ1n) is 16.2. The van der Waals surface area contributed by atoms with Gasteiger partial charge in [-0.05, 0) is 47.5 Å². The normalized spacial score (nSPS) is 11.8. The van der Waals surface area contributed by atoms with Gasteiger partial charge < -0.3 is 4.57 Å². The Bertz CT molecular complexity index is 2810. The maximum atomic E-state index is 5.24. The molecular formula is C44H27N3S. The van der Waals surface area contributed by atoms with E-state index < -0.39 is 0 Å². The molecule has 0 aliphatic carbocycles. The van der Waals surface area contributed by atoms with Gasteiger partial charge in [0.1, 0.15) is 0 Å². The lowest BCUT2D eigenvalue weighted by atomic mass is 10.0. The van der Waals surface area contributed by atoms with Crippen molar-refractivity contribution in [2.24, 2.45) is 0 Å². The molecule has 0 atom stereocenters. The number of nitrogens with zero attached hydrogens (tertiary/aromatic N) is 3. The Kier molecular flexibility index (Phi) is 6.05. The van der Waals surface area contributed by atoms with Crippen LogP contribution in [0.15, 0.2) is 164 Å². The van der Waals surface area contributed by atoms with E-state index in [0.717, 1.165) is 39.2 Å². The van der Waals surface area contributed by atoms with E-state index in [1.54, 1.807) is 0 Å². The summed E-state index contributed by atoms with van der Waals surface area (Å²) in [5.41, 5.74) is 10.1. The van der Waals surface area contributed by atoms with Gasteiger partial charge in [0.15, 0.2) is 5.82 Å². The van der Waals surface area contributed by atoms with Gasteiger partial charge >= 0.3 is 0 Å². The second-order valence-corrected chi connectivity index (χ2v) is 13.2. The van der Waals surface area contributed by atoms with Crippen LogP contribution in [-0.4, -0.2) is 14.5 Å². The lowest BCUT2D eigenvalue weighted by Crippen LogP contribution is -1.95. The van der Waals surface area contributed by atoms with Crippen LogP contribution in [0.3, 0.4) is 0 Å². The van der Waals surface area contributed by atoms with Crippen LogP contribution in [0.25, 0.3) is 92.3 Å². The van der Waals surface area contributed by atoms with Crippen molar-refractivity contribution in [2.75, 3.05) is 0 Å². The molecule has 0 saturated carbocycles. The molecule has 0 spiro atoms. The third-order valence-electron chi connectivity index (χ3n) is 9.42. The highest BCUT2D eigenvalue weighted by molar-refractivity contribution is 7.27. The van der Waals surface area contributed by atoms with E-state index in [9.17, 15) is 0 Å². The summed E-state index contributed by atoms with van der Waals surface area (Å²) in [4.78, 5) is 10.4. The second kappa shape index (κ2) is 10.7. The maximum Gasteiger partial charge on any atom is 0.161 e. The molecule has 0 fully saturated rings. The molecular weight excluding hydrogens is 603 g/mol. The van der Waals surface area contributed by atoms with Crippen molar-refractivity contribution in [1.29, 1.82) is 0 Å². The van der Waals surface area contributed by atoms with E-state index in [-0.39, 0.29) is 0 Å². The quantitative estimate of drug-likeness (QED) is 0.194. The minimum Gasteiger partial charge on any atom is -0.309 e. The number of fused-ring (bicyclic) bond motifs is 8. The van der Waals surface area contributed by atoms with Gasteiger partial charge in [-0.25, -0.2) is 9.97 Å². The maximum absolute atomic E-state index is 5.24. The first-order valence-corrected chi connectivity index (χ1v) is 17.0. The summed E-state index contributed by atoms with van der Waals surface area (Å²) in [7, 11) is 0. The van der Waals surface area contributed by atoms with Gasteiger partial charge in [-0.15, -0.1) is 11.3 Å². The number of rotatable bonds is 4. The van der Waals surface area contributed by atoms with Gasteiger partial charge in [0.25, 0.3) is 0 Å². The Morgan fingerprint density at radius 2 is 1.06 bits per heavy atom. The number of benzene rings is 7. The van der Waals surface area contributed by atoms with E-state index in [0.29, 0.717) is 0 Å². The lowest BCUT2D eigenvalue weighted by Gasteiger charge is -2.10. The molecule has 10 aromatic rings. The van der Waals surface area contributed by atoms with E-state index in [2.05, 4.69) is 162 Å². The molecule has 0 N–H and O–H groups in total. The van der Waals surface area contributed by atoms with Crippen LogP contribution >= 0.6 is 11.3 Å². The predicted octanol–water partition coefficient (Wildman–Crippen LogP) is 12.1. The molecule has 3 nitrogen and oxygen atoms in total. The number of para-hydroxylation sites is 2. The molecule has 7 aromatic carbocycles. The minimum absolute atomic E-state index is 0.752. The highest BCUT2D eigenvalue weighted by Crippen LogP contribution is 2.46. The Balaban J connectivity index is 1.21. The molecule has 0 saturated heterocycles. The highest BCUT2D eigenvalue weighted by atomic mass is 32.1. The largest absolute Gasteiger partial charge is 0.309 e. The van der Waals surface area contributed by atoms with Gasteiger partial charge in [-0.3, -0.25) is 0 Å². The van der Waals surface area contributed by atoms with E-state index in [4.69, 9.17) is 9.97 Å². The summed E-state index contributed by atoms with van der Waals surface area (Å²) in [6.45, 7) is 0. The van der Waals surface area contributed by atoms with E-state index in [1.807, 2.05) is 17.4 Å². The van der Waals surface area contributed by atoms with E-state index in [1.165, 1.54) is 53.1 Å². The van der Waals surface area contributed by atoms with Gasteiger partial charge in [0.05, 0.1) is 22.2 Å². The summed E-state index contributed by atoms with van der Waals surface area (Å²) < 4.78 is 4.90. The summed E-state index contributed by atoms with van der Waals surface area (Å²) in [6, 6.07) is 58.2. The standard InChI is InChI=1S/C44H27N3S/c1-3-12-28(13-4-1)29-22-24-31(25-23-29)47-38-21-10-8-17-35(38)40-39(47)27-26-33-32-18-11-19-36(42(32)48-43(33)40)44-45-37-20-9-7-16-34(37)41(46-44)30-14-5-2-6-15-30/h1-27H. The smallest absolute Gasteiger partial charge is 0.161 e. The van der Waals surface area contributed by atoms with Crippen LogP contribution in [0.2, 0.25) is 0 Å². The molecule has 48 heavy (non-hydrogen) atoms. The van der Waals surface area contributed by atoms with Crippen LogP contribution < -0.4 is 0 Å². The molecule has 4 heteroatoms. The summed E-state index contributed by atoms with van der Waals surface area (Å²) in [5, 5.41) is 6.09. The minimum atomic E-state index is 0.752. The molecule has 0 unspecified atom stereocenters. The lowest BCUT2D eigenvalue weighted by molar-refractivity contribution is 1.18. The van der Waals surface area contributed by atoms with Crippen molar-refractivity contribution in [1.82, 2.24) is 14.5 Å². The average Bonchev–Trinajstić information content (AvgIpc) is 3.71. The van der Waals surface area contributed by atoms with Crippen molar-refractivity contribution in [3.8, 4) is 39.5 Å². The molecule has 10 rings (SSSR count). The Morgan fingerprint density at radius 1 is 0.417 bits per heavy atom. The molecule has 224 valence electrons. The zero-order valence-electron chi connectivity index (χ0n) is 25.8. The fourth-order valence-corrected chi connectivity index (χ4v) is 8.57. The summed E-state index contributed by atoms with van der Waals surface area (Å²) in [6.07, 6.45) is 0. The van der Waals surface area contributed by atoms with Crippen LogP contribution in [0.4, 0.5) is 0 Å². The second-order valence-electron chi connectivity index (χ2n) is 12.2. The van der Waals surface area contributed by atoms with Gasteiger partial charge in [0.2, 0.25) is 0 Å². The molecule has 3 aromatic heterocycles. The first kappa shape index (κ1) is 27.1. The SMILES string of the molecule is c1ccc(-c2ccc(-n3c4ccccc4c4c5sc6c(-c7nc(-c8ccccc8)c8ccccc8n7)cccc6c5ccc43)cc2)cc1. The third-order valence-corrected chi connectivity index (χ3v) is 10.7. The zero-order chi connectivity index (χ0) is 31.6. The number of aromatic nitrogens is 3. The Labute approximate surface area is 281 Å². The van der Waals surface area contributed by atoms with Gasteiger partial charge in [-0.2, -0.15) is 0 Å². The Morgan fingerprint density at radius 3 is 1.88 bits per heavy atom. The number of hydrogen-bond donors (Lipinski definition) is 0. The van der Waals surface area contributed by atoms with Crippen LogP contribution in [0.1, 0.15) is 0 Å². The third kappa shape index (κ3) is 4.13. The van der Waals surface area contributed by atoms with Crippen molar-refractivity contribution in [3.05, 3.63) is 164 Å². The molecule has 0 aliphatic rings. The molecule has 0 bridgehead atoms. The van der Waals surface area contributed by atoms with Crippen molar-refractivity contribution in [3.63, 3.8) is 0 Å². The summed E-state index contributed by atoms with van der Waals surface area (Å²) >= 11 is 1.85. The van der Waals surface area contributed by atoms with Crippen LogP contribution in [-0.2, 0) is 0 Å². The fraction of sp³-hybridized carbons (Fsp3) is 0. The number of hydrogen-bond acceptors (Lipinski definition) is 3. The fourth-order valence-electron chi connectivity index (χ4n) is 7.21. The van der Waals surface area contributed by atoms with Crippen molar-refractivity contribution >= 4 is 64.2 Å². The van der Waals surface area contributed by atoms with Gasteiger partial charge in [0, 0.05) is 53.1 Å². The van der Waals surface area contributed by atoms with E-state index >= 15 is 0 Å². The molecule has 0 radical (unpaired) electrons. The topological polar surface area (TPSA) is 30.7 Å². The van der Waals surface area contributed by atoms with Crippen molar-refractivity contribution < 1.29 is 0 Å². The molecule has 3 heterocycles. The number of thiophene rings is 1. The average molecular weight is 630 g/mol. The first-order chi connectivity index (χ1) is 23.8. The van der Waals surface area contributed by atoms with Crippen LogP contribution in [0, 0.1) is 0 Å². The monoisotopic (exact) mass is 629 g/mol. The Hall–Kier alpha value is -6.10. The van der Waals surface area contributed by atoms with Crippen molar-refractivity contribution in [2.45, 2.75) is 0 Å². The molecule has 0 aliphatic heterocycles. The van der Waals surface area contributed by atoms with Gasteiger partial charge in [-0.1, -0.05) is 127 Å². The van der Waals surface area contributed by atoms with Crippen LogP contribution in [0.5, 0.6) is 0 Å². The summed E-state index contributed by atoms with van der Waals surface area (Å²) in [5.74, 6) is 0.752. The zero-order valence-corrected chi connectivity index (χ0v) is 26.7. The predicted molar refractivity (Wildman–Crippen MR) is 203 cm³/mol.